The normalized spacial score (nSPS) is 32.6. The summed E-state index contributed by atoms with van der Waals surface area (Å²) in [6.45, 7) is 3.05. The largest absolute Gasteiger partial charge is 0.382 e. The Morgan fingerprint density at radius 2 is 1.95 bits per heavy atom. The van der Waals surface area contributed by atoms with Gasteiger partial charge in [-0.15, -0.1) is 0 Å². The molecule has 5 atom stereocenters. The van der Waals surface area contributed by atoms with E-state index < -0.39 is 6.00 Å². The number of hydrogen-bond acceptors (Lipinski definition) is 5. The van der Waals surface area contributed by atoms with E-state index in [1.54, 1.807) is 21.3 Å². The van der Waals surface area contributed by atoms with Gasteiger partial charge in [0.05, 0.1) is 19.3 Å². The summed E-state index contributed by atoms with van der Waals surface area (Å²) in [5, 5.41) is 0. The summed E-state index contributed by atoms with van der Waals surface area (Å²) in [6, 6.07) is -0.496. The molecule has 0 aromatic rings. The quantitative estimate of drug-likeness (QED) is 0.579. The molecule has 0 N–H and O–H groups in total. The topological polar surface area (TPSA) is 46.2 Å². The highest BCUT2D eigenvalue weighted by molar-refractivity contribution is 6.11. The van der Waals surface area contributed by atoms with E-state index in [-0.39, 0.29) is 24.4 Å². The fourth-order valence-electron chi connectivity index (χ4n) is 2.34. The van der Waals surface area contributed by atoms with Crippen LogP contribution in [0.3, 0.4) is 0 Å². The Kier molecular flexibility index (Phi) is 7.94. The number of rotatable bonds is 9. The zero-order chi connectivity index (χ0) is 14.3. The lowest BCUT2D eigenvalue weighted by Gasteiger charge is -2.24. The maximum absolute atomic E-state index is 5.94. The Bertz CT molecular complexity index is 241. The maximum Gasteiger partial charge on any atom is 0.113 e. The third kappa shape index (κ3) is 4.72. The highest BCUT2D eigenvalue weighted by Gasteiger charge is 2.43. The second-order valence-corrected chi connectivity index (χ2v) is 4.74. The van der Waals surface area contributed by atoms with Crippen LogP contribution in [0.4, 0.5) is 0 Å². The fourth-order valence-corrected chi connectivity index (χ4v) is 2.34. The molecule has 0 amide bonds. The van der Waals surface area contributed by atoms with Crippen LogP contribution in [0, 0.1) is 0 Å². The first kappa shape index (κ1) is 16.9. The molecule has 1 rings (SSSR count). The molecule has 0 spiro atoms. The minimum absolute atomic E-state index is 0.0798. The summed E-state index contributed by atoms with van der Waals surface area (Å²) in [6.07, 6.45) is 1.39. The maximum atomic E-state index is 5.94. The fraction of sp³-hybridized carbons (Fsp3) is 1.00. The van der Waals surface area contributed by atoms with Crippen LogP contribution >= 0.6 is 0 Å². The summed E-state index contributed by atoms with van der Waals surface area (Å²) in [4.78, 5) is 0. The van der Waals surface area contributed by atoms with Crippen molar-refractivity contribution in [2.45, 2.75) is 50.2 Å². The first-order chi connectivity index (χ1) is 9.17. The van der Waals surface area contributed by atoms with Gasteiger partial charge in [-0.1, -0.05) is 13.3 Å². The summed E-state index contributed by atoms with van der Waals surface area (Å²) >= 11 is 0. The smallest absolute Gasteiger partial charge is 0.113 e. The zero-order valence-corrected chi connectivity index (χ0v) is 12.3. The van der Waals surface area contributed by atoms with E-state index >= 15 is 0 Å². The minimum Gasteiger partial charge on any atom is -0.382 e. The van der Waals surface area contributed by atoms with Crippen molar-refractivity contribution in [1.29, 1.82) is 0 Å². The van der Waals surface area contributed by atoms with E-state index in [0.717, 1.165) is 12.8 Å². The molecular formula is C13H25BO5. The summed E-state index contributed by atoms with van der Waals surface area (Å²) < 4.78 is 27.3. The van der Waals surface area contributed by atoms with Crippen molar-refractivity contribution < 1.29 is 23.7 Å². The van der Waals surface area contributed by atoms with Crippen molar-refractivity contribution >= 4 is 7.85 Å². The predicted octanol–water partition coefficient (Wildman–Crippen LogP) is 0.741. The monoisotopic (exact) mass is 272 g/mol. The van der Waals surface area contributed by atoms with Crippen LogP contribution in [0.25, 0.3) is 0 Å². The molecule has 1 unspecified atom stereocenters. The molecule has 1 aliphatic heterocycles. The summed E-state index contributed by atoms with van der Waals surface area (Å²) in [5.74, 6) is 0. The molecule has 5 nitrogen and oxygen atoms in total. The van der Waals surface area contributed by atoms with Crippen LogP contribution < -0.4 is 0 Å². The number of ether oxygens (including phenoxy) is 5. The van der Waals surface area contributed by atoms with Crippen molar-refractivity contribution in [2.24, 2.45) is 0 Å². The van der Waals surface area contributed by atoms with E-state index in [1.807, 2.05) is 0 Å². The van der Waals surface area contributed by atoms with Gasteiger partial charge in [-0.05, 0) is 6.42 Å². The van der Waals surface area contributed by atoms with E-state index in [9.17, 15) is 0 Å². The van der Waals surface area contributed by atoms with Gasteiger partial charge in [0.15, 0.2) is 0 Å². The molecule has 2 radical (unpaired) electrons. The van der Waals surface area contributed by atoms with Crippen molar-refractivity contribution in [3.05, 3.63) is 0 Å². The first-order valence-electron chi connectivity index (χ1n) is 6.75. The molecule has 0 aromatic carbocycles. The molecule has 6 heteroatoms. The van der Waals surface area contributed by atoms with Gasteiger partial charge >= 0.3 is 0 Å². The van der Waals surface area contributed by atoms with Gasteiger partial charge in [0.25, 0.3) is 0 Å². The molecule has 1 heterocycles. The van der Waals surface area contributed by atoms with Crippen molar-refractivity contribution in [3.8, 4) is 0 Å². The molecule has 0 bridgehead atoms. The molecule has 1 fully saturated rings. The predicted molar refractivity (Wildman–Crippen MR) is 72.5 cm³/mol. The van der Waals surface area contributed by atoms with Crippen LogP contribution in [0.1, 0.15) is 19.8 Å². The molecule has 1 saturated heterocycles. The summed E-state index contributed by atoms with van der Waals surface area (Å²) in [7, 11) is 10.9. The lowest BCUT2D eigenvalue weighted by atomic mass is 9.92. The highest BCUT2D eigenvalue weighted by atomic mass is 16.6. The van der Waals surface area contributed by atoms with Gasteiger partial charge < -0.3 is 23.7 Å². The van der Waals surface area contributed by atoms with E-state index in [4.69, 9.17) is 31.5 Å². The van der Waals surface area contributed by atoms with E-state index in [0.29, 0.717) is 13.2 Å². The van der Waals surface area contributed by atoms with Crippen LogP contribution in [0.5, 0.6) is 0 Å². The Labute approximate surface area is 117 Å². The molecule has 19 heavy (non-hydrogen) atoms. The van der Waals surface area contributed by atoms with Crippen LogP contribution in [0.15, 0.2) is 0 Å². The molecule has 1 aliphatic rings. The van der Waals surface area contributed by atoms with Crippen LogP contribution in [0.2, 0.25) is 0 Å². The average molecular weight is 272 g/mol. The highest BCUT2D eigenvalue weighted by Crippen LogP contribution is 2.25. The second-order valence-electron chi connectivity index (χ2n) is 4.74. The molecule has 0 aliphatic carbocycles. The molecule has 0 saturated carbocycles. The minimum atomic E-state index is -0.496. The second kappa shape index (κ2) is 8.92. The molecule has 110 valence electrons. The average Bonchev–Trinajstić information content (AvgIpc) is 2.70. The van der Waals surface area contributed by atoms with Gasteiger partial charge in [0.2, 0.25) is 0 Å². The SMILES string of the molecule is [B][C@@H]1O[C@H](COC)C(OC)[C@@H]1OC[C@H](CCC)OC. The van der Waals surface area contributed by atoms with Gasteiger partial charge in [-0.2, -0.15) is 0 Å². The van der Waals surface area contributed by atoms with E-state index in [1.165, 1.54) is 0 Å². The lowest BCUT2D eigenvalue weighted by molar-refractivity contribution is -0.0802. The van der Waals surface area contributed by atoms with Crippen molar-refractivity contribution in [3.63, 3.8) is 0 Å². The lowest BCUT2D eigenvalue weighted by Crippen LogP contribution is -2.40. The zero-order valence-electron chi connectivity index (χ0n) is 12.3. The molecule has 0 aromatic heterocycles. The standard InChI is InChI=1S/C13H25BO5/c1-5-6-9(16-3)7-18-12-11(17-4)10(8-15-2)19-13(12)14/h9-13H,5-8H2,1-4H3/t9-,10+,11?,12-,13+/m0/s1. The van der Waals surface area contributed by atoms with Gasteiger partial charge in [-0.3, -0.25) is 0 Å². The van der Waals surface area contributed by atoms with E-state index in [2.05, 4.69) is 6.92 Å². The number of hydrogen-bond donors (Lipinski definition) is 0. The Morgan fingerprint density at radius 1 is 1.21 bits per heavy atom. The molecular weight excluding hydrogens is 247 g/mol. The van der Waals surface area contributed by atoms with Gasteiger partial charge in [0, 0.05) is 27.3 Å². The first-order valence-corrected chi connectivity index (χ1v) is 6.75. The third-order valence-electron chi connectivity index (χ3n) is 3.37. The Hall–Kier alpha value is -0.135. The van der Waals surface area contributed by atoms with Crippen LogP contribution in [-0.2, 0) is 23.7 Å². The summed E-state index contributed by atoms with van der Waals surface area (Å²) in [5.41, 5.74) is 0. The van der Waals surface area contributed by atoms with Gasteiger partial charge in [0.1, 0.15) is 26.2 Å². The Morgan fingerprint density at radius 3 is 2.47 bits per heavy atom. The number of methoxy groups -OCH3 is 3. The Balaban J connectivity index is 2.50. The van der Waals surface area contributed by atoms with Crippen LogP contribution in [-0.4, -0.2) is 72.8 Å². The van der Waals surface area contributed by atoms with Crippen molar-refractivity contribution in [2.75, 3.05) is 34.5 Å². The third-order valence-corrected chi connectivity index (χ3v) is 3.37. The van der Waals surface area contributed by atoms with Crippen molar-refractivity contribution in [1.82, 2.24) is 0 Å². The van der Waals surface area contributed by atoms with Gasteiger partial charge in [-0.25, -0.2) is 0 Å².